The number of nitrogens with zero attached hydrogens (tertiary/aromatic N) is 4. The molecule has 2 aromatic heterocycles. The second-order valence-electron chi connectivity index (χ2n) is 8.30. The zero-order valence-electron chi connectivity index (χ0n) is 17.1. The number of nitrogens with one attached hydrogen (secondary N) is 1. The Morgan fingerprint density at radius 2 is 1.77 bits per heavy atom. The first kappa shape index (κ1) is 19.8. The van der Waals surface area contributed by atoms with Crippen molar-refractivity contribution in [2.75, 3.05) is 31.6 Å². The molecule has 2 fully saturated rings. The standard InChI is InChI=1S/C23H28ClN5O/c24-23-26-20-10-11-29(16-17-4-2-1-3-5-17)21(20)22(27-23)25-18-6-8-19(9-7-18)28-12-14-30-15-13-28/h1-5,10-11,18-19H,6-9,12-16H2,(H,25,26,27). The predicted molar refractivity (Wildman–Crippen MR) is 120 cm³/mol. The van der Waals surface area contributed by atoms with E-state index >= 15 is 0 Å². The average molecular weight is 426 g/mol. The minimum absolute atomic E-state index is 0.296. The fraction of sp³-hybridized carbons (Fsp3) is 0.478. The van der Waals surface area contributed by atoms with Crippen LogP contribution < -0.4 is 5.32 Å². The third kappa shape index (κ3) is 4.31. The third-order valence-corrected chi connectivity index (χ3v) is 6.55. The summed E-state index contributed by atoms with van der Waals surface area (Å²) in [5.41, 5.74) is 3.16. The SMILES string of the molecule is Clc1nc(NC2CCC(N3CCOCC3)CC2)c2c(ccn2Cc2ccccc2)n1. The number of halogens is 1. The number of anilines is 1. The van der Waals surface area contributed by atoms with Crippen molar-refractivity contribution in [3.8, 4) is 0 Å². The first-order valence-electron chi connectivity index (χ1n) is 10.9. The fourth-order valence-corrected chi connectivity index (χ4v) is 4.99. The summed E-state index contributed by atoms with van der Waals surface area (Å²) in [4.78, 5) is 11.6. The van der Waals surface area contributed by atoms with Gasteiger partial charge >= 0.3 is 0 Å². The van der Waals surface area contributed by atoms with E-state index in [9.17, 15) is 0 Å². The molecule has 0 amide bonds. The lowest BCUT2D eigenvalue weighted by molar-refractivity contribution is 0.00791. The summed E-state index contributed by atoms with van der Waals surface area (Å²) in [6.07, 6.45) is 6.79. The Labute approximate surface area is 182 Å². The number of ether oxygens (including phenoxy) is 1. The molecule has 30 heavy (non-hydrogen) atoms. The van der Waals surface area contributed by atoms with Gasteiger partial charge in [0, 0.05) is 37.9 Å². The molecule has 1 N–H and O–H groups in total. The molecule has 158 valence electrons. The fourth-order valence-electron chi connectivity index (χ4n) is 4.81. The Hall–Kier alpha value is -2.15. The Morgan fingerprint density at radius 3 is 2.53 bits per heavy atom. The predicted octanol–water partition coefficient (Wildman–Crippen LogP) is 4.19. The minimum atomic E-state index is 0.296. The molecule has 1 saturated heterocycles. The van der Waals surface area contributed by atoms with Crippen LogP contribution in [0.15, 0.2) is 42.6 Å². The summed E-state index contributed by atoms with van der Waals surface area (Å²) >= 11 is 6.25. The molecule has 7 heteroatoms. The van der Waals surface area contributed by atoms with Crippen LogP contribution >= 0.6 is 11.6 Å². The van der Waals surface area contributed by atoms with Crippen LogP contribution in [0.5, 0.6) is 0 Å². The molecule has 6 nitrogen and oxygen atoms in total. The van der Waals surface area contributed by atoms with Crippen LogP contribution in [0.4, 0.5) is 5.82 Å². The Kier molecular flexibility index (Phi) is 5.88. The molecule has 0 radical (unpaired) electrons. The van der Waals surface area contributed by atoms with Gasteiger partial charge in [0.05, 0.1) is 18.7 Å². The molecule has 1 aromatic carbocycles. The normalized spacial score (nSPS) is 23.0. The van der Waals surface area contributed by atoms with Crippen LogP contribution in [0.2, 0.25) is 5.28 Å². The molecular weight excluding hydrogens is 398 g/mol. The van der Waals surface area contributed by atoms with Crippen molar-refractivity contribution in [1.82, 2.24) is 19.4 Å². The van der Waals surface area contributed by atoms with Gasteiger partial charge in [-0.15, -0.1) is 0 Å². The number of morpholine rings is 1. The maximum atomic E-state index is 6.25. The zero-order chi connectivity index (χ0) is 20.3. The van der Waals surface area contributed by atoms with Gasteiger partial charge in [-0.1, -0.05) is 30.3 Å². The summed E-state index contributed by atoms with van der Waals surface area (Å²) in [5.74, 6) is 0.848. The molecule has 0 bridgehead atoms. The van der Waals surface area contributed by atoms with Crippen molar-refractivity contribution in [2.45, 2.75) is 44.3 Å². The third-order valence-electron chi connectivity index (χ3n) is 6.38. The number of hydrogen-bond donors (Lipinski definition) is 1. The van der Waals surface area contributed by atoms with E-state index in [1.54, 1.807) is 0 Å². The van der Waals surface area contributed by atoms with Crippen LogP contribution in [0, 0.1) is 0 Å². The molecule has 1 aliphatic carbocycles. The van der Waals surface area contributed by atoms with E-state index in [0.717, 1.165) is 62.5 Å². The first-order chi connectivity index (χ1) is 14.8. The van der Waals surface area contributed by atoms with Gasteiger partial charge in [-0.2, -0.15) is 4.98 Å². The quantitative estimate of drug-likeness (QED) is 0.621. The maximum Gasteiger partial charge on any atom is 0.225 e. The minimum Gasteiger partial charge on any atom is -0.379 e. The van der Waals surface area contributed by atoms with Crippen LogP contribution in [-0.2, 0) is 11.3 Å². The van der Waals surface area contributed by atoms with Gasteiger partial charge in [-0.05, 0) is 48.9 Å². The molecular formula is C23H28ClN5O. The van der Waals surface area contributed by atoms with Gasteiger partial charge in [0.25, 0.3) is 0 Å². The summed E-state index contributed by atoms with van der Waals surface area (Å²) in [6.45, 7) is 4.66. The van der Waals surface area contributed by atoms with Gasteiger partial charge < -0.3 is 14.6 Å². The average Bonchev–Trinajstić information content (AvgIpc) is 3.18. The van der Waals surface area contributed by atoms with Crippen molar-refractivity contribution < 1.29 is 4.74 Å². The van der Waals surface area contributed by atoms with E-state index in [1.807, 2.05) is 12.1 Å². The van der Waals surface area contributed by atoms with E-state index in [0.29, 0.717) is 17.4 Å². The van der Waals surface area contributed by atoms with Gasteiger partial charge in [0.2, 0.25) is 5.28 Å². The highest BCUT2D eigenvalue weighted by molar-refractivity contribution is 6.28. The smallest absolute Gasteiger partial charge is 0.225 e. The van der Waals surface area contributed by atoms with Crippen molar-refractivity contribution in [2.24, 2.45) is 0 Å². The summed E-state index contributed by atoms with van der Waals surface area (Å²) in [6, 6.07) is 13.6. The Morgan fingerprint density at radius 1 is 1.00 bits per heavy atom. The topological polar surface area (TPSA) is 55.2 Å². The second kappa shape index (κ2) is 8.92. The van der Waals surface area contributed by atoms with Crippen molar-refractivity contribution in [3.63, 3.8) is 0 Å². The van der Waals surface area contributed by atoms with Crippen LogP contribution in [-0.4, -0.2) is 57.8 Å². The Balaban J connectivity index is 1.32. The molecule has 3 heterocycles. The van der Waals surface area contributed by atoms with Crippen LogP contribution in [0.1, 0.15) is 31.2 Å². The summed E-state index contributed by atoms with van der Waals surface area (Å²) in [7, 11) is 0. The number of rotatable bonds is 5. The van der Waals surface area contributed by atoms with Crippen molar-refractivity contribution >= 4 is 28.5 Å². The summed E-state index contributed by atoms with van der Waals surface area (Å²) < 4.78 is 7.72. The lowest BCUT2D eigenvalue weighted by atomic mass is 9.90. The lowest BCUT2D eigenvalue weighted by Crippen LogP contribution is -2.46. The lowest BCUT2D eigenvalue weighted by Gasteiger charge is -2.39. The molecule has 1 saturated carbocycles. The van der Waals surface area contributed by atoms with E-state index in [4.69, 9.17) is 16.3 Å². The van der Waals surface area contributed by atoms with Crippen molar-refractivity contribution in [1.29, 1.82) is 0 Å². The maximum absolute atomic E-state index is 6.25. The number of benzene rings is 1. The highest BCUT2D eigenvalue weighted by atomic mass is 35.5. The molecule has 5 rings (SSSR count). The first-order valence-corrected chi connectivity index (χ1v) is 11.3. The van der Waals surface area contributed by atoms with Gasteiger partial charge in [0.1, 0.15) is 5.52 Å². The second-order valence-corrected chi connectivity index (χ2v) is 8.64. The Bertz CT molecular complexity index is 978. The molecule has 3 aromatic rings. The number of aromatic nitrogens is 3. The van der Waals surface area contributed by atoms with Gasteiger partial charge in [0.15, 0.2) is 5.82 Å². The molecule has 1 aliphatic heterocycles. The van der Waals surface area contributed by atoms with Gasteiger partial charge in [-0.25, -0.2) is 4.98 Å². The molecule has 2 aliphatic rings. The van der Waals surface area contributed by atoms with E-state index < -0.39 is 0 Å². The molecule has 0 unspecified atom stereocenters. The highest BCUT2D eigenvalue weighted by Gasteiger charge is 2.27. The van der Waals surface area contributed by atoms with Crippen LogP contribution in [0.3, 0.4) is 0 Å². The van der Waals surface area contributed by atoms with Gasteiger partial charge in [-0.3, -0.25) is 4.90 Å². The van der Waals surface area contributed by atoms with E-state index in [-0.39, 0.29) is 0 Å². The number of fused-ring (bicyclic) bond motifs is 1. The van der Waals surface area contributed by atoms with Crippen LogP contribution in [0.25, 0.3) is 11.0 Å². The zero-order valence-corrected chi connectivity index (χ0v) is 17.9. The molecule has 0 atom stereocenters. The van der Waals surface area contributed by atoms with Crippen molar-refractivity contribution in [3.05, 3.63) is 53.4 Å². The summed E-state index contributed by atoms with van der Waals surface area (Å²) in [5, 5.41) is 4.00. The van der Waals surface area contributed by atoms with E-state index in [1.165, 1.54) is 18.4 Å². The molecule has 0 spiro atoms. The monoisotopic (exact) mass is 425 g/mol. The van der Waals surface area contributed by atoms with E-state index in [2.05, 4.69) is 55.2 Å². The highest BCUT2D eigenvalue weighted by Crippen LogP contribution is 2.29. The number of hydrogen-bond acceptors (Lipinski definition) is 5. The largest absolute Gasteiger partial charge is 0.379 e.